The summed E-state index contributed by atoms with van der Waals surface area (Å²) in [5, 5.41) is 4.60. The zero-order valence-corrected chi connectivity index (χ0v) is 14.4. The molecule has 2 aromatic rings. The van der Waals surface area contributed by atoms with Crippen molar-refractivity contribution >= 4 is 17.6 Å². The molecule has 2 atom stereocenters. The Kier molecular flexibility index (Phi) is 5.77. The first-order valence-electron chi connectivity index (χ1n) is 7.33. The van der Waals surface area contributed by atoms with Crippen LogP contribution in [0.15, 0.2) is 36.9 Å². The first-order valence-corrected chi connectivity index (χ1v) is 7.71. The minimum absolute atomic E-state index is 0.478. The van der Waals surface area contributed by atoms with Crippen molar-refractivity contribution in [1.82, 2.24) is 14.8 Å². The van der Waals surface area contributed by atoms with Crippen molar-refractivity contribution in [2.75, 3.05) is 6.67 Å². The predicted molar refractivity (Wildman–Crippen MR) is 86.4 cm³/mol. The Labute approximate surface area is 144 Å². The molecule has 2 rings (SSSR count). The van der Waals surface area contributed by atoms with Crippen molar-refractivity contribution in [1.29, 1.82) is 0 Å². The molecule has 0 bridgehead atoms. The number of ether oxygens (including phenoxy) is 2. The third-order valence-electron chi connectivity index (χ3n) is 3.43. The molecule has 6 nitrogen and oxygen atoms in total. The highest BCUT2D eigenvalue weighted by Crippen LogP contribution is 2.34. The van der Waals surface area contributed by atoms with Crippen molar-refractivity contribution in [3.8, 4) is 5.75 Å². The van der Waals surface area contributed by atoms with Crippen LogP contribution >= 0.6 is 11.6 Å². The van der Waals surface area contributed by atoms with E-state index in [-0.39, 0.29) is 0 Å². The molecule has 2 unspecified atom stereocenters. The Morgan fingerprint density at radius 2 is 2.04 bits per heavy atom. The number of esters is 1. The molecule has 0 fully saturated rings. The lowest BCUT2D eigenvalue weighted by Gasteiger charge is -2.36. The van der Waals surface area contributed by atoms with Gasteiger partial charge in [0.05, 0.1) is 6.67 Å². The van der Waals surface area contributed by atoms with Gasteiger partial charge in [-0.3, -0.25) is 9.18 Å². The van der Waals surface area contributed by atoms with E-state index in [1.807, 2.05) is 0 Å². The largest absolute Gasteiger partial charge is 0.465 e. The van der Waals surface area contributed by atoms with E-state index in [9.17, 15) is 9.18 Å². The van der Waals surface area contributed by atoms with Crippen LogP contribution in [0.2, 0.25) is 5.02 Å². The first kappa shape index (κ1) is 18.2. The van der Waals surface area contributed by atoms with Crippen LogP contribution in [0.25, 0.3) is 0 Å². The van der Waals surface area contributed by atoms with Gasteiger partial charge in [0.15, 0.2) is 6.10 Å². The summed E-state index contributed by atoms with van der Waals surface area (Å²) in [6.07, 6.45) is 0.942. The summed E-state index contributed by atoms with van der Waals surface area (Å²) in [6, 6.07) is 6.66. The van der Waals surface area contributed by atoms with Gasteiger partial charge >= 0.3 is 5.97 Å². The van der Waals surface area contributed by atoms with Crippen LogP contribution in [0.3, 0.4) is 0 Å². The maximum atomic E-state index is 13.6. The number of hydrogen-bond donors (Lipinski definition) is 0. The Hall–Kier alpha value is -2.15. The van der Waals surface area contributed by atoms with E-state index in [1.165, 1.54) is 24.3 Å². The fourth-order valence-electron chi connectivity index (χ4n) is 2.11. The van der Waals surface area contributed by atoms with Crippen LogP contribution in [-0.2, 0) is 9.53 Å². The smallest absolute Gasteiger partial charge is 0.303 e. The average molecular weight is 356 g/mol. The minimum atomic E-state index is -0.991. The van der Waals surface area contributed by atoms with Crippen LogP contribution in [-0.4, -0.2) is 33.5 Å². The molecule has 0 N–H and O–H groups in total. The summed E-state index contributed by atoms with van der Waals surface area (Å²) in [6.45, 7) is 3.85. The molecule has 0 amide bonds. The molecule has 8 heteroatoms. The van der Waals surface area contributed by atoms with E-state index in [0.717, 1.165) is 0 Å². The van der Waals surface area contributed by atoms with Crippen LogP contribution in [0.1, 0.15) is 27.0 Å². The normalized spacial score (nSPS) is 14.0. The van der Waals surface area contributed by atoms with Crippen molar-refractivity contribution in [2.24, 2.45) is 5.41 Å². The fourth-order valence-corrected chi connectivity index (χ4v) is 2.24. The van der Waals surface area contributed by atoms with Crippen LogP contribution in [0.5, 0.6) is 5.75 Å². The molecular formula is C16H19ClFN3O3. The number of aromatic nitrogens is 3. The highest BCUT2D eigenvalue weighted by Gasteiger charge is 2.41. The highest BCUT2D eigenvalue weighted by molar-refractivity contribution is 6.30. The number of nitrogens with zero attached hydrogens (tertiary/aromatic N) is 3. The minimum Gasteiger partial charge on any atom is -0.465 e. The summed E-state index contributed by atoms with van der Waals surface area (Å²) in [5.74, 6) is -0.0574. The quantitative estimate of drug-likeness (QED) is 0.712. The van der Waals surface area contributed by atoms with Gasteiger partial charge in [0.1, 0.15) is 18.4 Å². The Morgan fingerprint density at radius 1 is 1.38 bits per heavy atom. The molecule has 0 aliphatic carbocycles. The van der Waals surface area contributed by atoms with Crippen molar-refractivity contribution < 1.29 is 18.7 Å². The van der Waals surface area contributed by atoms with Crippen molar-refractivity contribution in [3.05, 3.63) is 41.9 Å². The second kappa shape index (κ2) is 7.61. The Balaban J connectivity index is 2.39. The van der Waals surface area contributed by atoms with Gasteiger partial charge < -0.3 is 9.47 Å². The van der Waals surface area contributed by atoms with E-state index in [4.69, 9.17) is 21.1 Å². The van der Waals surface area contributed by atoms with Gasteiger partial charge in [-0.1, -0.05) is 25.4 Å². The fraction of sp³-hybridized carbons (Fsp3) is 0.438. The summed E-state index contributed by atoms with van der Waals surface area (Å²) in [4.78, 5) is 15.4. The second-order valence-corrected chi connectivity index (χ2v) is 6.43. The molecule has 130 valence electrons. The number of hydrogen-bond acceptors (Lipinski definition) is 5. The molecule has 0 saturated carbocycles. The maximum absolute atomic E-state index is 13.6. The first-order chi connectivity index (χ1) is 11.3. The number of carbonyl (C=O) groups is 1. The second-order valence-electron chi connectivity index (χ2n) is 5.99. The summed E-state index contributed by atoms with van der Waals surface area (Å²) in [5.41, 5.74) is -0.991. The van der Waals surface area contributed by atoms with Gasteiger partial charge in [-0.25, -0.2) is 9.67 Å². The molecule has 1 heterocycles. The van der Waals surface area contributed by atoms with E-state index < -0.39 is 30.4 Å². The Morgan fingerprint density at radius 3 is 2.54 bits per heavy atom. The number of halogens is 2. The average Bonchev–Trinajstić information content (AvgIpc) is 3.06. The topological polar surface area (TPSA) is 66.2 Å². The lowest BCUT2D eigenvalue weighted by molar-refractivity contribution is -0.169. The van der Waals surface area contributed by atoms with E-state index >= 15 is 0 Å². The van der Waals surface area contributed by atoms with Crippen LogP contribution < -0.4 is 4.74 Å². The molecule has 0 aliphatic heterocycles. The van der Waals surface area contributed by atoms with Crippen molar-refractivity contribution in [2.45, 2.75) is 33.1 Å². The zero-order chi connectivity index (χ0) is 17.7. The predicted octanol–water partition coefficient (Wildman–Crippen LogP) is 3.44. The lowest BCUT2D eigenvalue weighted by Crippen LogP contribution is -2.44. The molecule has 1 aromatic carbocycles. The number of benzene rings is 1. The SMILES string of the molecule is CC(=O)OC(C(Oc1ccc(Cl)cc1)n1cncn1)C(C)(C)CF. The third-order valence-corrected chi connectivity index (χ3v) is 3.69. The molecule has 0 radical (unpaired) electrons. The molecule has 0 aliphatic rings. The standard InChI is InChI=1S/C16H19ClFN3O3/c1-11(22)23-14(16(2,3)8-18)15(21-10-19-9-20-21)24-13-6-4-12(17)5-7-13/h4-7,9-10,14-15H,8H2,1-3H3. The van der Waals surface area contributed by atoms with Gasteiger partial charge in [-0.15, -0.1) is 0 Å². The summed E-state index contributed by atoms with van der Waals surface area (Å²) >= 11 is 5.87. The van der Waals surface area contributed by atoms with E-state index in [0.29, 0.717) is 10.8 Å². The van der Waals surface area contributed by atoms with E-state index in [1.54, 1.807) is 38.1 Å². The molecule has 0 saturated heterocycles. The number of rotatable bonds is 7. The maximum Gasteiger partial charge on any atom is 0.303 e. The van der Waals surface area contributed by atoms with Gasteiger partial charge in [0.2, 0.25) is 6.23 Å². The summed E-state index contributed by atoms with van der Waals surface area (Å²) < 4.78 is 26.2. The number of alkyl halides is 1. The van der Waals surface area contributed by atoms with Gasteiger partial charge in [0.25, 0.3) is 0 Å². The zero-order valence-electron chi connectivity index (χ0n) is 13.6. The number of carbonyl (C=O) groups excluding carboxylic acids is 1. The summed E-state index contributed by atoms with van der Waals surface area (Å²) in [7, 11) is 0. The van der Waals surface area contributed by atoms with Gasteiger partial charge in [-0.2, -0.15) is 5.10 Å². The van der Waals surface area contributed by atoms with Crippen LogP contribution in [0, 0.1) is 5.41 Å². The lowest BCUT2D eigenvalue weighted by atomic mass is 9.86. The monoisotopic (exact) mass is 355 g/mol. The molecule has 24 heavy (non-hydrogen) atoms. The molecular weight excluding hydrogens is 337 g/mol. The van der Waals surface area contributed by atoms with E-state index in [2.05, 4.69) is 10.1 Å². The molecule has 1 aromatic heterocycles. The van der Waals surface area contributed by atoms with Gasteiger partial charge in [-0.05, 0) is 24.3 Å². The highest BCUT2D eigenvalue weighted by atomic mass is 35.5. The third kappa shape index (κ3) is 4.44. The Bertz CT molecular complexity index is 662. The van der Waals surface area contributed by atoms with Crippen molar-refractivity contribution in [3.63, 3.8) is 0 Å². The van der Waals surface area contributed by atoms with Crippen LogP contribution in [0.4, 0.5) is 4.39 Å². The molecule has 0 spiro atoms. The van der Waals surface area contributed by atoms with Gasteiger partial charge in [0, 0.05) is 17.4 Å².